The van der Waals surface area contributed by atoms with Gasteiger partial charge in [-0.1, -0.05) is 0 Å². The topological polar surface area (TPSA) is 35.5 Å². The van der Waals surface area contributed by atoms with Crippen molar-refractivity contribution < 1.29 is 27.4 Å². The van der Waals surface area contributed by atoms with Gasteiger partial charge in [-0.15, -0.1) is 13.2 Å². The maximum absolute atomic E-state index is 11.7. The highest BCUT2D eigenvalue weighted by Gasteiger charge is 2.36. The lowest BCUT2D eigenvalue weighted by atomic mass is 10.2. The van der Waals surface area contributed by atoms with Crippen LogP contribution in [0.2, 0.25) is 0 Å². The van der Waals surface area contributed by atoms with Gasteiger partial charge < -0.3 is 4.74 Å². The fraction of sp³-hybridized carbons (Fsp3) is 0.875. The van der Waals surface area contributed by atoms with Crippen LogP contribution in [0.4, 0.5) is 13.2 Å². The molecule has 0 amide bonds. The molecule has 0 aliphatic carbocycles. The van der Waals surface area contributed by atoms with Crippen molar-refractivity contribution in [2.24, 2.45) is 0 Å². The van der Waals surface area contributed by atoms with Crippen molar-refractivity contribution >= 4 is 5.97 Å². The zero-order valence-corrected chi connectivity index (χ0v) is 8.44. The van der Waals surface area contributed by atoms with Gasteiger partial charge in [0.1, 0.15) is 5.60 Å². The fourth-order valence-corrected chi connectivity index (χ4v) is 0.633. The minimum absolute atomic E-state index is 0.819. The van der Waals surface area contributed by atoms with E-state index in [0.29, 0.717) is 0 Å². The van der Waals surface area contributed by atoms with Gasteiger partial charge in [0, 0.05) is 0 Å². The van der Waals surface area contributed by atoms with E-state index in [0.717, 1.165) is 6.92 Å². The summed E-state index contributed by atoms with van der Waals surface area (Å²) in [6.07, 6.45) is -6.47. The molecule has 84 valence electrons. The Labute approximate surface area is 80.2 Å². The second-order valence-electron chi connectivity index (χ2n) is 3.74. The minimum atomic E-state index is -4.82. The van der Waals surface area contributed by atoms with Crippen LogP contribution in [0.5, 0.6) is 0 Å². The molecule has 0 saturated carbocycles. The highest BCUT2D eigenvalue weighted by Crippen LogP contribution is 2.20. The van der Waals surface area contributed by atoms with E-state index < -0.39 is 24.0 Å². The van der Waals surface area contributed by atoms with Gasteiger partial charge in [-0.25, -0.2) is 4.79 Å². The zero-order chi connectivity index (χ0) is 11.6. The second-order valence-corrected chi connectivity index (χ2v) is 3.74. The lowest BCUT2D eigenvalue weighted by Gasteiger charge is -2.22. The average molecular weight is 214 g/mol. The molecule has 0 aromatic rings. The van der Waals surface area contributed by atoms with Crippen LogP contribution in [0.1, 0.15) is 27.7 Å². The normalized spacial score (nSPS) is 15.1. The Hall–Kier alpha value is -0.780. The van der Waals surface area contributed by atoms with E-state index >= 15 is 0 Å². The van der Waals surface area contributed by atoms with Crippen LogP contribution in [-0.4, -0.2) is 24.0 Å². The number of halogens is 3. The molecule has 0 aliphatic heterocycles. The summed E-state index contributed by atoms with van der Waals surface area (Å²) in [6.45, 7) is 5.67. The summed E-state index contributed by atoms with van der Waals surface area (Å²) in [6, 6.07) is 0. The summed E-state index contributed by atoms with van der Waals surface area (Å²) < 4.78 is 43.2. The number of rotatable bonds is 2. The Bertz CT molecular complexity index is 205. The average Bonchev–Trinajstić information content (AvgIpc) is 1.78. The zero-order valence-electron chi connectivity index (χ0n) is 8.44. The number of ether oxygens (including phenoxy) is 2. The number of hydrogen-bond donors (Lipinski definition) is 0. The number of carbonyl (C=O) groups is 1. The van der Waals surface area contributed by atoms with Crippen LogP contribution in [0.3, 0.4) is 0 Å². The van der Waals surface area contributed by atoms with E-state index in [1.165, 1.54) is 0 Å². The molecule has 0 heterocycles. The summed E-state index contributed by atoms with van der Waals surface area (Å²) in [5.74, 6) is -1.03. The summed E-state index contributed by atoms with van der Waals surface area (Å²) >= 11 is 0. The number of hydrogen-bond acceptors (Lipinski definition) is 3. The van der Waals surface area contributed by atoms with Crippen LogP contribution >= 0.6 is 0 Å². The van der Waals surface area contributed by atoms with Gasteiger partial charge in [0.2, 0.25) is 0 Å². The summed E-state index contributed by atoms with van der Waals surface area (Å²) in [5, 5.41) is 0. The molecule has 3 nitrogen and oxygen atoms in total. The van der Waals surface area contributed by atoms with Crippen molar-refractivity contribution in [3.63, 3.8) is 0 Å². The monoisotopic (exact) mass is 214 g/mol. The van der Waals surface area contributed by atoms with Crippen molar-refractivity contribution in [1.82, 2.24) is 0 Å². The summed E-state index contributed by atoms with van der Waals surface area (Å²) in [7, 11) is 0. The SMILES string of the molecule is CC(OC(F)(F)F)C(=O)OC(C)(C)C. The van der Waals surface area contributed by atoms with Crippen molar-refractivity contribution in [3.8, 4) is 0 Å². The molecule has 0 aromatic carbocycles. The van der Waals surface area contributed by atoms with E-state index in [4.69, 9.17) is 0 Å². The number of carbonyl (C=O) groups excluding carboxylic acids is 1. The van der Waals surface area contributed by atoms with Gasteiger partial charge in [-0.05, 0) is 27.7 Å². The molecular formula is C8H13F3O3. The smallest absolute Gasteiger partial charge is 0.458 e. The highest BCUT2D eigenvalue weighted by atomic mass is 19.4. The first-order valence-corrected chi connectivity index (χ1v) is 3.99. The number of esters is 1. The van der Waals surface area contributed by atoms with Gasteiger partial charge in [0.15, 0.2) is 6.10 Å². The predicted molar refractivity (Wildman–Crippen MR) is 42.4 cm³/mol. The lowest BCUT2D eigenvalue weighted by molar-refractivity contribution is -0.338. The highest BCUT2D eigenvalue weighted by molar-refractivity contribution is 5.74. The first-order chi connectivity index (χ1) is 6.01. The van der Waals surface area contributed by atoms with E-state index in [9.17, 15) is 18.0 Å². The Morgan fingerprint density at radius 3 is 1.93 bits per heavy atom. The lowest BCUT2D eigenvalue weighted by Crippen LogP contribution is -2.34. The molecule has 0 aliphatic rings. The van der Waals surface area contributed by atoms with E-state index in [-0.39, 0.29) is 0 Å². The maximum atomic E-state index is 11.7. The second kappa shape index (κ2) is 4.16. The standard InChI is InChI=1S/C8H13F3O3/c1-5(13-8(9,10)11)6(12)14-7(2,3)4/h5H,1-4H3. The molecule has 0 aromatic heterocycles. The Kier molecular flexibility index (Phi) is 3.93. The molecule has 0 spiro atoms. The predicted octanol–water partition coefficient (Wildman–Crippen LogP) is 2.25. The van der Waals surface area contributed by atoms with E-state index in [2.05, 4.69) is 9.47 Å². The fourth-order valence-electron chi connectivity index (χ4n) is 0.633. The van der Waals surface area contributed by atoms with Gasteiger partial charge in [-0.3, -0.25) is 4.74 Å². The molecule has 0 fully saturated rings. The Morgan fingerprint density at radius 2 is 1.64 bits per heavy atom. The van der Waals surface area contributed by atoms with Crippen molar-refractivity contribution in [3.05, 3.63) is 0 Å². The van der Waals surface area contributed by atoms with Gasteiger partial charge in [0.05, 0.1) is 0 Å². The van der Waals surface area contributed by atoms with Crippen molar-refractivity contribution in [2.45, 2.75) is 45.8 Å². The van der Waals surface area contributed by atoms with Crippen molar-refractivity contribution in [1.29, 1.82) is 0 Å². The molecule has 1 unspecified atom stereocenters. The first kappa shape index (κ1) is 13.2. The third-order valence-corrected chi connectivity index (χ3v) is 1.05. The quantitative estimate of drug-likeness (QED) is 0.661. The number of alkyl halides is 3. The van der Waals surface area contributed by atoms with Gasteiger partial charge in [0.25, 0.3) is 0 Å². The van der Waals surface area contributed by atoms with Gasteiger partial charge >= 0.3 is 12.3 Å². The van der Waals surface area contributed by atoms with Crippen LogP contribution in [0.25, 0.3) is 0 Å². The molecule has 0 rings (SSSR count). The first-order valence-electron chi connectivity index (χ1n) is 3.99. The molecule has 0 N–H and O–H groups in total. The third kappa shape index (κ3) is 6.71. The van der Waals surface area contributed by atoms with Crippen LogP contribution in [0, 0.1) is 0 Å². The maximum Gasteiger partial charge on any atom is 0.523 e. The van der Waals surface area contributed by atoms with Crippen LogP contribution in [-0.2, 0) is 14.3 Å². The molecule has 14 heavy (non-hydrogen) atoms. The largest absolute Gasteiger partial charge is 0.523 e. The van der Waals surface area contributed by atoms with E-state index in [1.54, 1.807) is 20.8 Å². The third-order valence-electron chi connectivity index (χ3n) is 1.05. The Morgan fingerprint density at radius 1 is 1.21 bits per heavy atom. The molecular weight excluding hydrogens is 201 g/mol. The summed E-state index contributed by atoms with van der Waals surface area (Å²) in [5.41, 5.74) is -0.819. The van der Waals surface area contributed by atoms with E-state index in [1.807, 2.05) is 0 Å². The van der Waals surface area contributed by atoms with Crippen molar-refractivity contribution in [2.75, 3.05) is 0 Å². The van der Waals surface area contributed by atoms with Crippen LogP contribution < -0.4 is 0 Å². The molecule has 0 bridgehead atoms. The molecule has 0 radical (unpaired) electrons. The Balaban J connectivity index is 4.15. The summed E-state index contributed by atoms with van der Waals surface area (Å²) in [4.78, 5) is 11.0. The van der Waals surface area contributed by atoms with Gasteiger partial charge in [-0.2, -0.15) is 0 Å². The van der Waals surface area contributed by atoms with Crippen LogP contribution in [0.15, 0.2) is 0 Å². The molecule has 1 atom stereocenters. The minimum Gasteiger partial charge on any atom is -0.458 e. The molecule has 6 heteroatoms. The molecule has 0 saturated heterocycles.